The van der Waals surface area contributed by atoms with E-state index in [2.05, 4.69) is 40.9 Å². The Labute approximate surface area is 210 Å². The molecule has 3 heterocycles. The number of benzene rings is 2. The number of hydrogen-bond acceptors (Lipinski definition) is 8. The Bertz CT molecular complexity index is 1540. The van der Waals surface area contributed by atoms with Crippen LogP contribution in [0.1, 0.15) is 38.2 Å². The Balaban J connectivity index is 1.52. The molecule has 2 aromatic carbocycles. The van der Waals surface area contributed by atoms with Crippen LogP contribution in [0.5, 0.6) is 0 Å². The van der Waals surface area contributed by atoms with Gasteiger partial charge in [-0.15, -0.1) is 10.2 Å². The van der Waals surface area contributed by atoms with E-state index in [-0.39, 0.29) is 5.82 Å². The summed E-state index contributed by atoms with van der Waals surface area (Å²) in [6.07, 6.45) is 4.88. The second-order valence-electron chi connectivity index (χ2n) is 8.91. The minimum atomic E-state index is -1.14. The van der Waals surface area contributed by atoms with Gasteiger partial charge in [0.05, 0.1) is 22.3 Å². The fraction of sp³-hybridized carbons (Fsp3) is 0.200. The summed E-state index contributed by atoms with van der Waals surface area (Å²) in [5, 5.41) is 28.5. The Morgan fingerprint density at radius 3 is 2.44 bits per heavy atom. The predicted molar refractivity (Wildman–Crippen MR) is 135 cm³/mol. The van der Waals surface area contributed by atoms with Crippen molar-refractivity contribution in [3.8, 4) is 22.5 Å². The topological polar surface area (TPSA) is 125 Å². The number of aromatic nitrogens is 7. The molecule has 5 rings (SSSR count). The molecular formula is C25H22ClFN8O. The van der Waals surface area contributed by atoms with E-state index in [4.69, 9.17) is 11.6 Å². The van der Waals surface area contributed by atoms with Gasteiger partial charge in [0.15, 0.2) is 5.82 Å². The first-order valence-electron chi connectivity index (χ1n) is 11.1. The fourth-order valence-corrected chi connectivity index (χ4v) is 4.09. The first-order chi connectivity index (χ1) is 17.2. The predicted octanol–water partition coefficient (Wildman–Crippen LogP) is 5.06. The van der Waals surface area contributed by atoms with Gasteiger partial charge in [0.2, 0.25) is 5.82 Å². The van der Waals surface area contributed by atoms with Crippen molar-refractivity contribution in [2.45, 2.75) is 32.4 Å². The van der Waals surface area contributed by atoms with Crippen LogP contribution in [0, 0.1) is 5.82 Å². The molecule has 0 amide bonds. The molecule has 3 N–H and O–H groups in total. The zero-order valence-corrected chi connectivity index (χ0v) is 20.4. The molecule has 0 aliphatic carbocycles. The number of halogens is 2. The van der Waals surface area contributed by atoms with Crippen LogP contribution >= 0.6 is 11.6 Å². The first-order valence-corrected chi connectivity index (χ1v) is 11.5. The van der Waals surface area contributed by atoms with E-state index in [0.717, 1.165) is 16.5 Å². The van der Waals surface area contributed by atoms with Crippen LogP contribution in [0.4, 0.5) is 10.1 Å². The van der Waals surface area contributed by atoms with Crippen LogP contribution in [-0.2, 0) is 5.60 Å². The number of H-pyrrole nitrogens is 1. The van der Waals surface area contributed by atoms with E-state index in [1.165, 1.54) is 6.07 Å². The van der Waals surface area contributed by atoms with Crippen molar-refractivity contribution in [3.05, 3.63) is 77.2 Å². The Morgan fingerprint density at radius 2 is 1.75 bits per heavy atom. The highest BCUT2D eigenvalue weighted by molar-refractivity contribution is 6.34. The maximum absolute atomic E-state index is 14.8. The molecule has 0 aliphatic rings. The zero-order chi connectivity index (χ0) is 25.4. The van der Waals surface area contributed by atoms with E-state index in [0.29, 0.717) is 39.0 Å². The van der Waals surface area contributed by atoms with E-state index in [1.807, 2.05) is 25.1 Å². The number of aliphatic hydroxyl groups is 1. The summed E-state index contributed by atoms with van der Waals surface area (Å²) >= 11 is 6.55. The SMILES string of the molecule is C[C@@H](Nc1c(Cl)cnc2ccc(-c3cnc(C(C)(C)O)nc3)cc12)c1cc(-c2nn[nH]n2)ccc1F. The second kappa shape index (κ2) is 9.21. The quantitative estimate of drug-likeness (QED) is 0.293. The molecule has 0 fully saturated rings. The third-order valence-corrected chi connectivity index (χ3v) is 6.07. The molecule has 0 aliphatic heterocycles. The molecule has 0 saturated carbocycles. The number of nitrogens with one attached hydrogen (secondary N) is 2. The molecule has 0 radical (unpaired) electrons. The third kappa shape index (κ3) is 4.60. The van der Waals surface area contributed by atoms with Crippen LogP contribution in [0.3, 0.4) is 0 Å². The van der Waals surface area contributed by atoms with Crippen LogP contribution in [0.25, 0.3) is 33.4 Å². The van der Waals surface area contributed by atoms with E-state index >= 15 is 0 Å². The summed E-state index contributed by atoms with van der Waals surface area (Å²) in [5.41, 5.74) is 2.87. The van der Waals surface area contributed by atoms with E-state index < -0.39 is 11.6 Å². The second-order valence-corrected chi connectivity index (χ2v) is 9.31. The van der Waals surface area contributed by atoms with Gasteiger partial charge in [-0.2, -0.15) is 5.21 Å². The zero-order valence-electron chi connectivity index (χ0n) is 19.7. The molecule has 182 valence electrons. The summed E-state index contributed by atoms with van der Waals surface area (Å²) < 4.78 is 14.8. The van der Waals surface area contributed by atoms with Crippen LogP contribution in [0.15, 0.2) is 55.0 Å². The maximum Gasteiger partial charge on any atom is 0.204 e. The summed E-state index contributed by atoms with van der Waals surface area (Å²) in [6, 6.07) is 9.92. The van der Waals surface area contributed by atoms with Gasteiger partial charge in [0.25, 0.3) is 0 Å². The van der Waals surface area contributed by atoms with Crippen LogP contribution < -0.4 is 5.32 Å². The molecule has 9 nitrogen and oxygen atoms in total. The summed E-state index contributed by atoms with van der Waals surface area (Å²) in [6.45, 7) is 5.10. The lowest BCUT2D eigenvalue weighted by atomic mass is 10.0. The van der Waals surface area contributed by atoms with Gasteiger partial charge in [-0.05, 0) is 61.9 Å². The largest absolute Gasteiger partial charge is 0.382 e. The minimum absolute atomic E-state index is 0.331. The lowest BCUT2D eigenvalue weighted by molar-refractivity contribution is 0.0687. The van der Waals surface area contributed by atoms with Gasteiger partial charge in [0, 0.05) is 40.7 Å². The van der Waals surface area contributed by atoms with Crippen molar-refractivity contribution in [2.75, 3.05) is 5.32 Å². The third-order valence-electron chi connectivity index (χ3n) is 5.78. The van der Waals surface area contributed by atoms with Gasteiger partial charge >= 0.3 is 0 Å². The lowest BCUT2D eigenvalue weighted by Crippen LogP contribution is -2.19. The number of anilines is 1. The van der Waals surface area contributed by atoms with Gasteiger partial charge in [-0.3, -0.25) is 4.98 Å². The first kappa shape index (κ1) is 23.7. The number of hydrogen-bond donors (Lipinski definition) is 3. The monoisotopic (exact) mass is 504 g/mol. The molecule has 3 aromatic heterocycles. The van der Waals surface area contributed by atoms with Crippen molar-refractivity contribution in [2.24, 2.45) is 0 Å². The number of tetrazole rings is 1. The lowest BCUT2D eigenvalue weighted by Gasteiger charge is -2.20. The molecule has 36 heavy (non-hydrogen) atoms. The standard InChI is InChI=1S/C25H22ClFN8O/c1-13(17-9-15(4-6-20(17)27)23-32-34-35-33-23)31-22-18-8-14(5-7-21(18)28-12-19(22)26)16-10-29-24(30-11-16)25(2,3)36/h4-13,36H,1-3H3,(H,28,31)(H,32,33,34,35)/t13-/m1/s1. The maximum atomic E-state index is 14.8. The van der Waals surface area contributed by atoms with Crippen LogP contribution in [0.2, 0.25) is 5.02 Å². The van der Waals surface area contributed by atoms with Crippen molar-refractivity contribution in [1.82, 2.24) is 35.6 Å². The molecule has 0 unspecified atom stereocenters. The summed E-state index contributed by atoms with van der Waals surface area (Å²) in [5.74, 6) is 0.331. The number of nitrogens with zero attached hydrogens (tertiary/aromatic N) is 6. The van der Waals surface area contributed by atoms with E-state index in [1.54, 1.807) is 44.6 Å². The number of rotatable bonds is 6. The molecule has 11 heteroatoms. The average molecular weight is 505 g/mol. The highest BCUT2D eigenvalue weighted by atomic mass is 35.5. The fourth-order valence-electron chi connectivity index (χ4n) is 3.88. The Kier molecular flexibility index (Phi) is 6.07. The summed E-state index contributed by atoms with van der Waals surface area (Å²) in [4.78, 5) is 13.0. The molecular weight excluding hydrogens is 483 g/mol. The highest BCUT2D eigenvalue weighted by Gasteiger charge is 2.20. The smallest absolute Gasteiger partial charge is 0.204 e. The molecule has 0 spiro atoms. The molecule has 5 aromatic rings. The number of pyridine rings is 1. The van der Waals surface area contributed by atoms with Crippen molar-refractivity contribution >= 4 is 28.2 Å². The van der Waals surface area contributed by atoms with Gasteiger partial charge in [-0.25, -0.2) is 14.4 Å². The number of aromatic amines is 1. The molecule has 0 bridgehead atoms. The van der Waals surface area contributed by atoms with Crippen LogP contribution in [-0.4, -0.2) is 40.7 Å². The van der Waals surface area contributed by atoms with Crippen molar-refractivity contribution in [3.63, 3.8) is 0 Å². The average Bonchev–Trinajstić information content (AvgIpc) is 3.40. The highest BCUT2D eigenvalue weighted by Crippen LogP contribution is 2.36. The van der Waals surface area contributed by atoms with E-state index in [9.17, 15) is 9.50 Å². The normalized spacial score (nSPS) is 12.6. The van der Waals surface area contributed by atoms with Gasteiger partial charge in [-0.1, -0.05) is 17.7 Å². The Morgan fingerprint density at radius 1 is 1.00 bits per heavy atom. The minimum Gasteiger partial charge on any atom is -0.382 e. The Hall–Kier alpha value is -4.02. The van der Waals surface area contributed by atoms with Crippen molar-refractivity contribution < 1.29 is 9.50 Å². The molecule has 0 saturated heterocycles. The number of fused-ring (bicyclic) bond motifs is 1. The van der Waals surface area contributed by atoms with Gasteiger partial charge in [0.1, 0.15) is 11.4 Å². The summed E-state index contributed by atoms with van der Waals surface area (Å²) in [7, 11) is 0. The van der Waals surface area contributed by atoms with Crippen molar-refractivity contribution in [1.29, 1.82) is 0 Å². The molecule has 1 atom stereocenters. The van der Waals surface area contributed by atoms with Gasteiger partial charge < -0.3 is 10.4 Å².